The number of halogens is 1. The van der Waals surface area contributed by atoms with Gasteiger partial charge in [0.15, 0.2) is 0 Å². The van der Waals surface area contributed by atoms with Crippen LogP contribution in [0.2, 0.25) is 0 Å². The Morgan fingerprint density at radius 2 is 2.15 bits per heavy atom. The van der Waals surface area contributed by atoms with Crippen molar-refractivity contribution in [3.05, 3.63) is 54.1 Å². The lowest BCUT2D eigenvalue weighted by atomic mass is 9.95. The van der Waals surface area contributed by atoms with Gasteiger partial charge in [-0.05, 0) is 75.1 Å². The minimum Gasteiger partial charge on any atom is -0.368 e. The van der Waals surface area contributed by atoms with Crippen LogP contribution in [0, 0.1) is 31.0 Å². The number of aryl methyl sites for hydroxylation is 1. The number of rotatable bonds is 11. The normalized spacial score (nSPS) is 14.3. The molecule has 3 nitrogen and oxygen atoms in total. The van der Waals surface area contributed by atoms with Crippen molar-refractivity contribution in [1.29, 1.82) is 0 Å². The molecule has 148 valence electrons. The summed E-state index contributed by atoms with van der Waals surface area (Å²) in [6, 6.07) is 4.87. The molecule has 1 rings (SSSR count). The van der Waals surface area contributed by atoms with Crippen molar-refractivity contribution >= 4 is 5.57 Å². The van der Waals surface area contributed by atoms with E-state index in [1.165, 1.54) is 6.07 Å². The Labute approximate surface area is 164 Å². The van der Waals surface area contributed by atoms with E-state index >= 15 is 0 Å². The second kappa shape index (κ2) is 10.9. The maximum atomic E-state index is 13.8. The highest BCUT2D eigenvalue weighted by Crippen LogP contribution is 2.23. The molecular formula is C23H33FN2O. The lowest BCUT2D eigenvalue weighted by Crippen LogP contribution is -2.35. The first-order chi connectivity index (χ1) is 12.7. The predicted molar refractivity (Wildman–Crippen MR) is 113 cm³/mol. The Morgan fingerprint density at radius 3 is 2.74 bits per heavy atom. The van der Waals surface area contributed by atoms with E-state index in [0.717, 1.165) is 29.7 Å². The first-order valence-electron chi connectivity index (χ1n) is 9.42. The highest BCUT2D eigenvalue weighted by Gasteiger charge is 2.19. The van der Waals surface area contributed by atoms with Crippen molar-refractivity contribution in [3.8, 4) is 12.3 Å². The second-order valence-electron chi connectivity index (χ2n) is 7.30. The topological polar surface area (TPSA) is 33.3 Å². The summed E-state index contributed by atoms with van der Waals surface area (Å²) in [7, 11) is 0. The lowest BCUT2D eigenvalue weighted by molar-refractivity contribution is 0.00425. The van der Waals surface area contributed by atoms with Gasteiger partial charge in [0.25, 0.3) is 0 Å². The van der Waals surface area contributed by atoms with E-state index in [4.69, 9.17) is 11.2 Å². The summed E-state index contributed by atoms with van der Waals surface area (Å²) >= 11 is 0. The molecule has 0 spiro atoms. The molecule has 0 saturated carbocycles. The Balaban J connectivity index is 2.85. The van der Waals surface area contributed by atoms with Crippen LogP contribution in [0.4, 0.5) is 4.39 Å². The first kappa shape index (κ1) is 23.0. The van der Waals surface area contributed by atoms with Crippen LogP contribution >= 0.6 is 0 Å². The minimum atomic E-state index is -0.559. The van der Waals surface area contributed by atoms with Crippen LogP contribution in [-0.4, -0.2) is 24.8 Å². The van der Waals surface area contributed by atoms with E-state index in [0.29, 0.717) is 12.5 Å². The van der Waals surface area contributed by atoms with Crippen LogP contribution in [0.5, 0.6) is 0 Å². The molecule has 0 aliphatic carbocycles. The highest BCUT2D eigenvalue weighted by molar-refractivity contribution is 5.71. The molecular weight excluding hydrogens is 339 g/mol. The summed E-state index contributed by atoms with van der Waals surface area (Å²) in [4.78, 5) is 0. The van der Waals surface area contributed by atoms with Crippen molar-refractivity contribution < 1.29 is 9.13 Å². The second-order valence-corrected chi connectivity index (χ2v) is 7.30. The van der Waals surface area contributed by atoms with E-state index < -0.39 is 5.60 Å². The van der Waals surface area contributed by atoms with Crippen LogP contribution in [0.1, 0.15) is 45.2 Å². The number of nitrogens with one attached hydrogen (secondary N) is 2. The largest absolute Gasteiger partial charge is 0.368 e. The van der Waals surface area contributed by atoms with Gasteiger partial charge in [0.05, 0.1) is 6.61 Å². The van der Waals surface area contributed by atoms with E-state index in [2.05, 4.69) is 37.0 Å². The number of hydrogen-bond acceptors (Lipinski definition) is 3. The van der Waals surface area contributed by atoms with Gasteiger partial charge in [-0.15, -0.1) is 6.42 Å². The molecule has 1 aromatic carbocycles. The van der Waals surface area contributed by atoms with Gasteiger partial charge >= 0.3 is 0 Å². The number of hydrogen-bond donors (Lipinski definition) is 2. The summed E-state index contributed by atoms with van der Waals surface area (Å²) in [5.41, 5.74) is 2.32. The lowest BCUT2D eigenvalue weighted by Gasteiger charge is -2.26. The molecule has 0 aliphatic heterocycles. The van der Waals surface area contributed by atoms with Crippen LogP contribution < -0.4 is 10.6 Å². The third kappa shape index (κ3) is 7.58. The van der Waals surface area contributed by atoms with Gasteiger partial charge in [0.1, 0.15) is 11.4 Å². The fraction of sp³-hybridized carbons (Fsp3) is 0.478. The van der Waals surface area contributed by atoms with Gasteiger partial charge in [-0.1, -0.05) is 25.5 Å². The van der Waals surface area contributed by atoms with Gasteiger partial charge in [0.2, 0.25) is 0 Å². The van der Waals surface area contributed by atoms with Crippen LogP contribution in [0.25, 0.3) is 5.57 Å². The Hall–Kier alpha value is -2.09. The van der Waals surface area contributed by atoms with Gasteiger partial charge in [0, 0.05) is 18.8 Å². The zero-order valence-corrected chi connectivity index (χ0v) is 17.2. The molecule has 0 saturated heterocycles. The maximum absolute atomic E-state index is 13.8. The highest BCUT2D eigenvalue weighted by atomic mass is 19.1. The van der Waals surface area contributed by atoms with Crippen molar-refractivity contribution in [1.82, 2.24) is 10.6 Å². The molecule has 2 unspecified atom stereocenters. The average molecular weight is 373 g/mol. The molecule has 0 fully saturated rings. The van der Waals surface area contributed by atoms with Gasteiger partial charge in [-0.3, -0.25) is 0 Å². The Morgan fingerprint density at radius 1 is 1.44 bits per heavy atom. The van der Waals surface area contributed by atoms with Crippen molar-refractivity contribution in [2.75, 3.05) is 13.2 Å². The number of terminal acetylenes is 1. The predicted octanol–water partition coefficient (Wildman–Crippen LogP) is 4.64. The van der Waals surface area contributed by atoms with E-state index in [-0.39, 0.29) is 11.9 Å². The fourth-order valence-corrected chi connectivity index (χ4v) is 2.63. The SMILES string of the molecule is C#CC(C)(C)OCC(CC)CNC(C)/C(=C/NC=C)c1cc(F)ccc1C. The molecule has 4 heteroatoms. The molecule has 0 amide bonds. The minimum absolute atomic E-state index is 0.0210. The zero-order valence-electron chi connectivity index (χ0n) is 17.2. The Bertz CT molecular complexity index is 688. The third-order valence-electron chi connectivity index (χ3n) is 4.65. The summed E-state index contributed by atoms with van der Waals surface area (Å²) < 4.78 is 19.6. The quantitative estimate of drug-likeness (QED) is 0.555. The monoisotopic (exact) mass is 372 g/mol. The Kier molecular flexibility index (Phi) is 9.28. The molecule has 27 heavy (non-hydrogen) atoms. The van der Waals surface area contributed by atoms with Gasteiger partial charge < -0.3 is 15.4 Å². The summed E-state index contributed by atoms with van der Waals surface area (Å²) in [5, 5.41) is 6.57. The van der Waals surface area contributed by atoms with E-state index in [1.54, 1.807) is 18.3 Å². The van der Waals surface area contributed by atoms with Crippen LogP contribution in [0.15, 0.2) is 37.2 Å². The van der Waals surface area contributed by atoms with E-state index in [9.17, 15) is 4.39 Å². The molecule has 0 radical (unpaired) electrons. The number of benzene rings is 1. The van der Waals surface area contributed by atoms with Crippen molar-refractivity contribution in [2.45, 2.75) is 52.7 Å². The maximum Gasteiger partial charge on any atom is 0.123 e. The first-order valence-corrected chi connectivity index (χ1v) is 9.42. The fourth-order valence-electron chi connectivity index (χ4n) is 2.63. The molecule has 2 N–H and O–H groups in total. The smallest absolute Gasteiger partial charge is 0.123 e. The van der Waals surface area contributed by atoms with Crippen LogP contribution in [0.3, 0.4) is 0 Å². The van der Waals surface area contributed by atoms with Gasteiger partial charge in [-0.25, -0.2) is 4.39 Å². The molecule has 0 heterocycles. The number of ether oxygens (including phenoxy) is 1. The zero-order chi connectivity index (χ0) is 20.4. The van der Waals surface area contributed by atoms with Crippen molar-refractivity contribution in [3.63, 3.8) is 0 Å². The molecule has 1 aromatic rings. The molecule has 2 atom stereocenters. The molecule has 0 aliphatic rings. The van der Waals surface area contributed by atoms with Crippen LogP contribution in [-0.2, 0) is 4.74 Å². The summed E-state index contributed by atoms with van der Waals surface area (Å²) in [6.07, 6.45) is 9.93. The standard InChI is InChI=1S/C23H33FN2O/c1-8-19(16-27-23(6,7)9-2)14-26-18(5)22(15-25-10-3)21-13-20(24)12-11-17(21)4/h2,10-13,15,18-19,25-26H,3,8,14,16H2,1,4-7H3/b22-15-. The molecule has 0 bridgehead atoms. The summed E-state index contributed by atoms with van der Waals surface area (Å²) in [6.45, 7) is 15.0. The molecule has 0 aromatic heterocycles. The average Bonchev–Trinajstić information content (AvgIpc) is 2.64. The van der Waals surface area contributed by atoms with Crippen molar-refractivity contribution in [2.24, 2.45) is 5.92 Å². The third-order valence-corrected chi connectivity index (χ3v) is 4.65. The van der Waals surface area contributed by atoms with E-state index in [1.807, 2.05) is 27.0 Å². The van der Waals surface area contributed by atoms with Gasteiger partial charge in [-0.2, -0.15) is 0 Å². The summed E-state index contributed by atoms with van der Waals surface area (Å²) in [5.74, 6) is 2.74.